The zero-order valence-corrected chi connectivity index (χ0v) is 67.4. The van der Waals surface area contributed by atoms with Crippen LogP contribution in [0.15, 0.2) is 239 Å². The summed E-state index contributed by atoms with van der Waals surface area (Å²) in [7, 11) is -3.19. The second-order valence-corrected chi connectivity index (χ2v) is 34.8. The first kappa shape index (κ1) is 90.6. The number of nitrogen functional groups attached to an aromatic ring is 1. The van der Waals surface area contributed by atoms with Gasteiger partial charge in [-0.3, -0.25) is 50.0 Å². The molecule has 6 atom stereocenters. The molecule has 0 aromatic heterocycles. The number of benzene rings is 9. The Kier molecular flexibility index (Phi) is 30.3. The van der Waals surface area contributed by atoms with Gasteiger partial charge in [0.25, 0.3) is 22.7 Å². The summed E-state index contributed by atoms with van der Waals surface area (Å²) >= 11 is 2.67. The zero-order valence-electron chi connectivity index (χ0n) is 64.1. The van der Waals surface area contributed by atoms with Gasteiger partial charge < -0.3 is 22.9 Å². The average molecular weight is 1650 g/mol. The van der Waals surface area contributed by atoms with E-state index < -0.39 is 96.6 Å². The fourth-order valence-corrected chi connectivity index (χ4v) is 14.7. The molecule has 0 amide bonds. The first-order valence-corrected chi connectivity index (χ1v) is 38.7. The number of nitrogens with zero attached hydrogens (tertiary/aromatic N) is 7. The SMILES string of the molecule is CC(=N[S@](=O)C(C)(C)C)c1cc([N+](=O)[O-])ccc1F.CC(C)(C)[S@@](=O)N[C@@](C)(CC(=O)c1ccccc1)c1cc([N+](=O)[O-])ccc1F.C[C@@]1(c2cc(N)ccc2F)C=C(c2ccccc2)SC(N)=N1.C[C@@]1(c2cc([N+](=O)[O-])ccc2F)C=C(c2ccccc2)SC(N)=N1.C[C@](N)(CC(=O)c1ccccc1)c1cc([N+](=O)[O-])ccc1F. The topological polar surface area (TPSA) is 394 Å². The van der Waals surface area contributed by atoms with Crippen molar-refractivity contribution in [2.45, 2.75) is 121 Å². The summed E-state index contributed by atoms with van der Waals surface area (Å²) in [6, 6.07) is 53.7. The summed E-state index contributed by atoms with van der Waals surface area (Å²) in [5.41, 5.74) is 22.0. The quantitative estimate of drug-likeness (QED) is 0.0118. The van der Waals surface area contributed by atoms with E-state index in [9.17, 15) is 80.4 Å². The number of thioether (sulfide) groups is 2. The van der Waals surface area contributed by atoms with Gasteiger partial charge in [0.1, 0.15) is 51.1 Å². The summed E-state index contributed by atoms with van der Waals surface area (Å²) in [6.07, 6.45) is 3.33. The number of nitrogens with one attached hydrogen (secondary N) is 1. The van der Waals surface area contributed by atoms with Crippen molar-refractivity contribution in [1.82, 2.24) is 4.72 Å². The molecule has 115 heavy (non-hydrogen) atoms. The number of nitrogens with two attached hydrogens (primary N) is 4. The number of halogens is 5. The van der Waals surface area contributed by atoms with Crippen LogP contribution in [-0.2, 0) is 44.1 Å². The number of Topliss-reactive ketones (excluding diaryl/α,β-unsaturated/α-hetero) is 2. The largest absolute Gasteiger partial charge is 0.399 e. The number of hydrogen-bond donors (Lipinski definition) is 5. The Morgan fingerprint density at radius 2 is 0.835 bits per heavy atom. The van der Waals surface area contributed by atoms with Crippen molar-refractivity contribution in [2.75, 3.05) is 5.73 Å². The number of ketones is 2. The molecule has 0 aliphatic carbocycles. The smallest absolute Gasteiger partial charge is 0.270 e. The van der Waals surface area contributed by atoms with Crippen LogP contribution in [0.1, 0.15) is 149 Å². The van der Waals surface area contributed by atoms with Crippen molar-refractivity contribution in [3.05, 3.63) is 344 Å². The highest BCUT2D eigenvalue weighted by Crippen LogP contribution is 2.44. The van der Waals surface area contributed by atoms with Crippen molar-refractivity contribution >= 4 is 111 Å². The Hall–Kier alpha value is -11.6. The molecular formula is C82H83F5N12O12S4. The van der Waals surface area contributed by atoms with Gasteiger partial charge in [-0.25, -0.2) is 45.1 Å². The molecule has 2 heterocycles. The van der Waals surface area contributed by atoms with Crippen LogP contribution >= 0.6 is 23.5 Å². The fraction of sp³-hybridized carbons (Fsp3) is 0.232. The van der Waals surface area contributed by atoms with Gasteiger partial charge >= 0.3 is 0 Å². The second-order valence-electron chi connectivity index (χ2n) is 28.8. The van der Waals surface area contributed by atoms with E-state index in [2.05, 4.69) is 19.1 Å². The average Bonchev–Trinajstić information content (AvgIpc) is 0.782. The number of carbonyl (C=O) groups is 2. The number of amidine groups is 2. The van der Waals surface area contributed by atoms with Gasteiger partial charge in [-0.05, 0) is 142 Å². The third-order valence-corrected chi connectivity index (χ3v) is 22.2. The highest BCUT2D eigenvalue weighted by Gasteiger charge is 2.39. The lowest BCUT2D eigenvalue weighted by molar-refractivity contribution is -0.385. The number of rotatable bonds is 20. The molecule has 9 aromatic carbocycles. The van der Waals surface area contributed by atoms with Crippen molar-refractivity contribution in [2.24, 2.45) is 31.6 Å². The molecule has 0 radical (unpaired) electrons. The second kappa shape index (κ2) is 38.5. The standard InChI is InChI=1S/C20H23FN2O4S.C17H14FN3O2S.C17H16FN3S.C16H15FN2O3.C12H15FN2O3S/c1-19(2,3)28(27)22-20(4,13-18(24)14-8-6-5-7-9-14)16-12-15(23(25)26)10-11-17(16)21;1-17(13-9-12(21(22)23)7-8-14(13)18)10-15(24-16(19)20-17)11-5-3-2-4-6-11;1-17(13-9-12(19)7-8-14(13)18)10-15(22-16(20)21-17)11-5-3-2-4-6-11;1-16(18,10-15(20)11-5-3-2-4-6-11)13-9-12(19(21)22)7-8-14(13)17;1-8(14-19(18)12(2,3)4)10-7-9(15(16)17)5-6-11(10)13/h5-12,22H,13H2,1-4H3;2-10H,1H3,(H2,19,20);2-10H,19H2,1H3,(H2,20,21);2-9H,10,18H2,1H3;5-7H,1-4H3/t20-,28+;2*17-;16-;19-/m00001/s1. The monoisotopic (exact) mass is 1650 g/mol. The van der Waals surface area contributed by atoms with Gasteiger partial charge in [-0.15, -0.1) is 0 Å². The van der Waals surface area contributed by atoms with Crippen molar-refractivity contribution in [1.29, 1.82) is 0 Å². The van der Waals surface area contributed by atoms with E-state index in [1.165, 1.54) is 62.5 Å². The lowest BCUT2D eigenvalue weighted by atomic mass is 9.85. The molecule has 24 nitrogen and oxygen atoms in total. The maximum Gasteiger partial charge on any atom is 0.270 e. The Morgan fingerprint density at radius 1 is 0.478 bits per heavy atom. The van der Waals surface area contributed by atoms with Gasteiger partial charge in [0, 0.05) is 121 Å². The van der Waals surface area contributed by atoms with Gasteiger partial charge in [0.15, 0.2) is 21.9 Å². The lowest BCUT2D eigenvalue weighted by Crippen LogP contribution is -2.47. The van der Waals surface area contributed by atoms with Crippen LogP contribution in [0, 0.1) is 69.5 Å². The molecule has 9 aromatic rings. The number of nitro groups is 4. The van der Waals surface area contributed by atoms with Crippen LogP contribution in [0.2, 0.25) is 0 Å². The maximum atomic E-state index is 14.7. The van der Waals surface area contributed by atoms with Gasteiger partial charge in [0.05, 0.1) is 51.4 Å². The van der Waals surface area contributed by atoms with Gasteiger partial charge in [0.2, 0.25) is 0 Å². The molecule has 2 aliphatic rings. The molecular weight excluding hydrogens is 1570 g/mol. The minimum Gasteiger partial charge on any atom is -0.399 e. The third kappa shape index (κ3) is 24.7. The zero-order chi connectivity index (χ0) is 85.3. The van der Waals surface area contributed by atoms with Gasteiger partial charge in [-0.1, -0.05) is 145 Å². The maximum absolute atomic E-state index is 14.7. The predicted molar refractivity (Wildman–Crippen MR) is 446 cm³/mol. The van der Waals surface area contributed by atoms with E-state index in [-0.39, 0.29) is 86.1 Å². The molecule has 602 valence electrons. The summed E-state index contributed by atoms with van der Waals surface area (Å²) in [5, 5.41) is 44.3. The van der Waals surface area contributed by atoms with E-state index >= 15 is 0 Å². The van der Waals surface area contributed by atoms with E-state index in [0.717, 1.165) is 87.7 Å². The number of aliphatic imine (C=N–C) groups is 2. The Bertz CT molecular complexity index is 5350. The fourth-order valence-electron chi connectivity index (χ4n) is 11.1. The molecule has 0 unspecified atom stereocenters. The molecule has 0 saturated carbocycles. The molecule has 9 N–H and O–H groups in total. The van der Waals surface area contributed by atoms with Crippen LogP contribution in [0.5, 0.6) is 0 Å². The van der Waals surface area contributed by atoms with Crippen molar-refractivity contribution in [3.8, 4) is 0 Å². The molecule has 33 heteroatoms. The third-order valence-electron chi connectivity index (χ3n) is 17.2. The number of anilines is 1. The minimum atomic E-state index is -1.64. The summed E-state index contributed by atoms with van der Waals surface area (Å²) in [4.78, 5) is 76.8. The summed E-state index contributed by atoms with van der Waals surface area (Å²) in [6.45, 7) is 18.4. The predicted octanol–water partition coefficient (Wildman–Crippen LogP) is 18.2. The van der Waals surface area contributed by atoms with Crippen LogP contribution in [-0.4, -0.2) is 65.2 Å². The highest BCUT2D eigenvalue weighted by atomic mass is 32.2. The summed E-state index contributed by atoms with van der Waals surface area (Å²) < 4.78 is 101. The number of nitro benzene ring substituents is 4. The summed E-state index contributed by atoms with van der Waals surface area (Å²) in [5.74, 6) is -3.47. The number of hydrogen-bond acceptors (Lipinski definition) is 20. The Balaban J connectivity index is 0.000000200. The lowest BCUT2D eigenvalue weighted by Gasteiger charge is -2.33. The molecule has 0 saturated heterocycles. The van der Waals surface area contributed by atoms with E-state index in [1.54, 1.807) is 121 Å². The van der Waals surface area contributed by atoms with Crippen LogP contribution in [0.25, 0.3) is 9.81 Å². The Morgan fingerprint density at radius 3 is 1.25 bits per heavy atom. The highest BCUT2D eigenvalue weighted by molar-refractivity contribution is 8.22. The normalized spacial score (nSPS) is 16.8. The van der Waals surface area contributed by atoms with E-state index in [0.29, 0.717) is 27.5 Å². The first-order chi connectivity index (χ1) is 53.7. The van der Waals surface area contributed by atoms with Crippen LogP contribution in [0.3, 0.4) is 0 Å². The van der Waals surface area contributed by atoms with E-state index in [1.807, 2.05) is 73.7 Å². The molecule has 0 spiro atoms. The minimum absolute atomic E-state index is 0.00759. The Labute approximate surface area is 673 Å². The van der Waals surface area contributed by atoms with Crippen LogP contribution in [0.4, 0.5) is 50.4 Å². The number of carbonyl (C=O) groups excluding carboxylic acids is 2. The molecule has 0 fully saturated rings. The molecule has 2 aliphatic heterocycles. The van der Waals surface area contributed by atoms with Crippen molar-refractivity contribution < 1.29 is 59.7 Å². The number of non-ortho nitro benzene ring substituents is 4. The van der Waals surface area contributed by atoms with Crippen molar-refractivity contribution in [3.63, 3.8) is 0 Å². The molecule has 0 bridgehead atoms. The van der Waals surface area contributed by atoms with Crippen LogP contribution < -0.4 is 27.7 Å². The molecule has 11 rings (SSSR count). The van der Waals surface area contributed by atoms with Gasteiger partial charge in [-0.2, -0.15) is 4.40 Å². The van der Waals surface area contributed by atoms with E-state index in [4.69, 9.17) is 22.9 Å². The first-order valence-electron chi connectivity index (χ1n) is 34.8.